The van der Waals surface area contributed by atoms with Gasteiger partial charge in [-0.25, -0.2) is 4.98 Å². The molecule has 4 rings (SSSR count). The Morgan fingerprint density at radius 1 is 0.925 bits per heavy atom. The zero-order valence-corrected chi connectivity index (χ0v) is 22.7. The SMILES string of the molecule is Cc1ccnc(NCCCC(=O)N[C@@H](C)C(=O)N[C@H](CC(=O)O)c2ccc(-c3cccc4ccccc34)cc2)c1. The van der Waals surface area contributed by atoms with E-state index in [0.717, 1.165) is 33.3 Å². The highest BCUT2D eigenvalue weighted by Crippen LogP contribution is 2.30. The quantitative estimate of drug-likeness (QED) is 0.183. The van der Waals surface area contributed by atoms with Crippen molar-refractivity contribution in [3.63, 3.8) is 0 Å². The second kappa shape index (κ2) is 13.4. The first kappa shape index (κ1) is 28.3. The van der Waals surface area contributed by atoms with Crippen LogP contribution in [0.5, 0.6) is 0 Å². The first-order valence-corrected chi connectivity index (χ1v) is 13.4. The molecule has 3 aromatic carbocycles. The highest BCUT2D eigenvalue weighted by molar-refractivity contribution is 5.96. The molecule has 0 aliphatic heterocycles. The van der Waals surface area contributed by atoms with Crippen LogP contribution in [-0.2, 0) is 14.4 Å². The zero-order valence-electron chi connectivity index (χ0n) is 22.7. The minimum absolute atomic E-state index is 0.241. The van der Waals surface area contributed by atoms with Gasteiger partial charge in [-0.3, -0.25) is 14.4 Å². The summed E-state index contributed by atoms with van der Waals surface area (Å²) in [5, 5.41) is 20.4. The van der Waals surface area contributed by atoms with Gasteiger partial charge in [0.15, 0.2) is 0 Å². The van der Waals surface area contributed by atoms with E-state index < -0.39 is 24.0 Å². The zero-order chi connectivity index (χ0) is 28.5. The number of carbonyl (C=O) groups excluding carboxylic acids is 2. The maximum Gasteiger partial charge on any atom is 0.305 e. The number of pyridine rings is 1. The Labute approximate surface area is 233 Å². The van der Waals surface area contributed by atoms with E-state index in [0.29, 0.717) is 18.5 Å². The molecule has 2 atom stereocenters. The van der Waals surface area contributed by atoms with E-state index in [9.17, 15) is 19.5 Å². The van der Waals surface area contributed by atoms with Gasteiger partial charge >= 0.3 is 5.97 Å². The van der Waals surface area contributed by atoms with Crippen LogP contribution in [0.3, 0.4) is 0 Å². The lowest BCUT2D eigenvalue weighted by Gasteiger charge is -2.21. The number of aromatic nitrogens is 1. The molecule has 0 bridgehead atoms. The van der Waals surface area contributed by atoms with Gasteiger partial charge < -0.3 is 21.1 Å². The number of aryl methyl sites for hydroxylation is 1. The minimum atomic E-state index is -1.03. The summed E-state index contributed by atoms with van der Waals surface area (Å²) in [5.41, 5.74) is 3.84. The van der Waals surface area contributed by atoms with Crippen molar-refractivity contribution >= 4 is 34.4 Å². The molecule has 0 aliphatic carbocycles. The molecule has 0 saturated carbocycles. The van der Waals surface area contributed by atoms with Crippen molar-refractivity contribution in [2.24, 2.45) is 0 Å². The van der Waals surface area contributed by atoms with Crippen molar-refractivity contribution in [1.82, 2.24) is 15.6 Å². The minimum Gasteiger partial charge on any atom is -0.481 e. The van der Waals surface area contributed by atoms with Crippen molar-refractivity contribution in [2.75, 3.05) is 11.9 Å². The molecule has 4 N–H and O–H groups in total. The molecule has 206 valence electrons. The number of hydrogen-bond acceptors (Lipinski definition) is 5. The lowest BCUT2D eigenvalue weighted by Crippen LogP contribution is -2.46. The molecule has 8 heteroatoms. The number of anilines is 1. The lowest BCUT2D eigenvalue weighted by molar-refractivity contribution is -0.138. The molecule has 1 heterocycles. The molecule has 2 amide bonds. The van der Waals surface area contributed by atoms with Crippen molar-refractivity contribution in [1.29, 1.82) is 0 Å². The number of carboxylic acid groups (broad SMARTS) is 1. The van der Waals surface area contributed by atoms with Gasteiger partial charge in [0.2, 0.25) is 11.8 Å². The molecule has 4 aromatic rings. The number of fused-ring (bicyclic) bond motifs is 1. The summed E-state index contributed by atoms with van der Waals surface area (Å²) in [5.74, 6) is -0.978. The van der Waals surface area contributed by atoms with Crippen LogP contribution in [0.15, 0.2) is 85.1 Å². The predicted molar refractivity (Wildman–Crippen MR) is 157 cm³/mol. The maximum atomic E-state index is 12.9. The predicted octanol–water partition coefficient (Wildman–Crippen LogP) is 5.24. The molecule has 0 aliphatic rings. The van der Waals surface area contributed by atoms with E-state index in [4.69, 9.17) is 0 Å². The van der Waals surface area contributed by atoms with E-state index in [1.807, 2.05) is 67.6 Å². The number of carbonyl (C=O) groups is 3. The fourth-order valence-corrected chi connectivity index (χ4v) is 4.57. The fourth-order valence-electron chi connectivity index (χ4n) is 4.57. The third kappa shape index (κ3) is 7.66. The molecule has 0 unspecified atom stereocenters. The van der Waals surface area contributed by atoms with Crippen LogP contribution in [0.4, 0.5) is 5.82 Å². The van der Waals surface area contributed by atoms with E-state index in [1.165, 1.54) is 0 Å². The maximum absolute atomic E-state index is 12.9. The monoisotopic (exact) mass is 538 g/mol. The number of benzene rings is 3. The Morgan fingerprint density at radius 2 is 1.68 bits per heavy atom. The lowest BCUT2D eigenvalue weighted by atomic mass is 9.95. The number of nitrogens with one attached hydrogen (secondary N) is 3. The average molecular weight is 539 g/mol. The summed E-state index contributed by atoms with van der Waals surface area (Å²) in [4.78, 5) is 41.1. The third-order valence-electron chi connectivity index (χ3n) is 6.68. The van der Waals surface area contributed by atoms with Crippen LogP contribution in [0.25, 0.3) is 21.9 Å². The van der Waals surface area contributed by atoms with Gasteiger partial charge in [0.25, 0.3) is 0 Å². The van der Waals surface area contributed by atoms with E-state index >= 15 is 0 Å². The standard InChI is InChI=1S/C32H34N4O4/c1-21-16-18-34-29(19-21)33-17-6-11-30(37)35-22(2)32(40)36-28(20-31(38)39)25-14-12-24(13-15-25)27-10-5-8-23-7-3-4-9-26(23)27/h3-5,7-10,12-16,18-19,22,28H,6,11,17,20H2,1-2H3,(H,33,34)(H,35,37)(H,36,40)(H,38,39)/t22-,28+/m0/s1. The van der Waals surface area contributed by atoms with Crippen molar-refractivity contribution in [2.45, 2.75) is 45.2 Å². The molecule has 40 heavy (non-hydrogen) atoms. The Bertz CT molecular complexity index is 1480. The molecule has 0 fully saturated rings. The fraction of sp³-hybridized carbons (Fsp3) is 0.250. The smallest absolute Gasteiger partial charge is 0.305 e. The van der Waals surface area contributed by atoms with Crippen LogP contribution in [0.2, 0.25) is 0 Å². The molecular formula is C32H34N4O4. The summed E-state index contributed by atoms with van der Waals surface area (Å²) in [6.07, 6.45) is 2.26. The van der Waals surface area contributed by atoms with Gasteiger partial charge in [-0.05, 0) is 65.4 Å². The topological polar surface area (TPSA) is 120 Å². The molecule has 8 nitrogen and oxygen atoms in total. The summed E-state index contributed by atoms with van der Waals surface area (Å²) in [6, 6.07) is 24.1. The van der Waals surface area contributed by atoms with Crippen LogP contribution in [0, 0.1) is 6.92 Å². The first-order chi connectivity index (χ1) is 19.3. The van der Waals surface area contributed by atoms with Gasteiger partial charge in [0, 0.05) is 19.2 Å². The number of carboxylic acids is 1. The van der Waals surface area contributed by atoms with Gasteiger partial charge in [0.1, 0.15) is 11.9 Å². The Kier molecular flexibility index (Phi) is 9.46. The molecule has 0 spiro atoms. The Hall–Kier alpha value is -4.72. The summed E-state index contributed by atoms with van der Waals surface area (Å²) in [7, 11) is 0. The third-order valence-corrected chi connectivity index (χ3v) is 6.68. The van der Waals surface area contributed by atoms with Gasteiger partial charge in [0.05, 0.1) is 12.5 Å². The molecule has 0 radical (unpaired) electrons. The summed E-state index contributed by atoms with van der Waals surface area (Å²) >= 11 is 0. The number of amides is 2. The Morgan fingerprint density at radius 3 is 2.42 bits per heavy atom. The summed E-state index contributed by atoms with van der Waals surface area (Å²) < 4.78 is 0. The average Bonchev–Trinajstić information content (AvgIpc) is 2.94. The van der Waals surface area contributed by atoms with Gasteiger partial charge in [-0.2, -0.15) is 0 Å². The van der Waals surface area contributed by atoms with Gasteiger partial charge in [-0.1, -0.05) is 66.7 Å². The van der Waals surface area contributed by atoms with Crippen molar-refractivity contribution < 1.29 is 19.5 Å². The van der Waals surface area contributed by atoms with E-state index in [2.05, 4.69) is 39.1 Å². The van der Waals surface area contributed by atoms with Crippen LogP contribution in [0.1, 0.15) is 43.4 Å². The molecule has 1 aromatic heterocycles. The van der Waals surface area contributed by atoms with Gasteiger partial charge in [-0.15, -0.1) is 0 Å². The van der Waals surface area contributed by atoms with Crippen LogP contribution in [-0.4, -0.2) is 40.5 Å². The van der Waals surface area contributed by atoms with Crippen molar-refractivity contribution in [3.8, 4) is 11.1 Å². The second-order valence-electron chi connectivity index (χ2n) is 9.85. The van der Waals surface area contributed by atoms with E-state index in [-0.39, 0.29) is 18.7 Å². The van der Waals surface area contributed by atoms with Crippen molar-refractivity contribution in [3.05, 3.63) is 96.2 Å². The number of rotatable bonds is 12. The Balaban J connectivity index is 1.33. The van der Waals surface area contributed by atoms with E-state index in [1.54, 1.807) is 13.1 Å². The molecule has 0 saturated heterocycles. The first-order valence-electron chi connectivity index (χ1n) is 13.4. The normalized spacial score (nSPS) is 12.3. The highest BCUT2D eigenvalue weighted by atomic mass is 16.4. The highest BCUT2D eigenvalue weighted by Gasteiger charge is 2.22. The van der Waals surface area contributed by atoms with Crippen LogP contribution < -0.4 is 16.0 Å². The second-order valence-corrected chi connectivity index (χ2v) is 9.85. The summed E-state index contributed by atoms with van der Waals surface area (Å²) in [6.45, 7) is 4.14. The van der Waals surface area contributed by atoms with Crippen LogP contribution >= 0.6 is 0 Å². The largest absolute Gasteiger partial charge is 0.481 e. The molecular weight excluding hydrogens is 504 g/mol. The number of nitrogens with zero attached hydrogens (tertiary/aromatic N) is 1. The number of hydrogen-bond donors (Lipinski definition) is 4. The number of aliphatic carboxylic acids is 1.